The van der Waals surface area contributed by atoms with E-state index in [9.17, 15) is 4.79 Å². The van der Waals surface area contributed by atoms with Crippen molar-refractivity contribution in [2.24, 2.45) is 0 Å². The Morgan fingerprint density at radius 1 is 1.12 bits per heavy atom. The van der Waals surface area contributed by atoms with E-state index in [0.29, 0.717) is 36.2 Å². The van der Waals surface area contributed by atoms with Gasteiger partial charge in [0.25, 0.3) is 0 Å². The van der Waals surface area contributed by atoms with Crippen LogP contribution < -0.4 is 10.1 Å². The molecule has 172 valence electrons. The van der Waals surface area contributed by atoms with Gasteiger partial charge in [-0.2, -0.15) is 0 Å². The number of rotatable bonds is 4. The molecule has 33 heavy (non-hydrogen) atoms. The number of carbonyl (C=O) groups is 1. The van der Waals surface area contributed by atoms with Crippen molar-refractivity contribution >= 4 is 29.2 Å². The molecule has 0 bridgehead atoms. The summed E-state index contributed by atoms with van der Waals surface area (Å²) in [6, 6.07) is 13.0. The smallest absolute Gasteiger partial charge is 0.318 e. The summed E-state index contributed by atoms with van der Waals surface area (Å²) in [6.45, 7) is 3.79. The van der Waals surface area contributed by atoms with Gasteiger partial charge in [0.05, 0.1) is 25.2 Å². The van der Waals surface area contributed by atoms with Crippen LogP contribution in [-0.2, 0) is 6.54 Å². The Morgan fingerprint density at radius 2 is 1.91 bits per heavy atom. The zero-order valence-corrected chi connectivity index (χ0v) is 19.8. The van der Waals surface area contributed by atoms with Crippen molar-refractivity contribution in [3.63, 3.8) is 0 Å². The Balaban J connectivity index is 1.35. The molecular weight excluding hydrogens is 461 g/mol. The van der Waals surface area contributed by atoms with E-state index in [2.05, 4.69) is 20.1 Å². The third kappa shape index (κ3) is 4.52. The maximum absolute atomic E-state index is 13.4. The summed E-state index contributed by atoms with van der Waals surface area (Å²) in [5, 5.41) is 13.3. The van der Waals surface area contributed by atoms with Crippen LogP contribution in [0, 0.1) is 6.92 Å². The molecule has 1 saturated heterocycles. The van der Waals surface area contributed by atoms with E-state index >= 15 is 0 Å². The highest BCUT2D eigenvalue weighted by Gasteiger charge is 2.35. The van der Waals surface area contributed by atoms with Crippen LogP contribution in [0.1, 0.15) is 54.1 Å². The second kappa shape index (κ2) is 9.23. The average Bonchev–Trinajstić information content (AvgIpc) is 3.42. The minimum absolute atomic E-state index is 0.0935. The van der Waals surface area contributed by atoms with Crippen LogP contribution in [0.2, 0.25) is 10.0 Å². The van der Waals surface area contributed by atoms with Crippen LogP contribution >= 0.6 is 23.2 Å². The molecule has 9 heteroatoms. The monoisotopic (exact) mass is 485 g/mol. The molecule has 0 spiro atoms. The Morgan fingerprint density at radius 3 is 2.73 bits per heavy atom. The third-order valence-electron chi connectivity index (χ3n) is 6.34. The number of carbonyl (C=O) groups excluding carboxylic acids is 1. The molecule has 1 N–H and O–H groups in total. The highest BCUT2D eigenvalue weighted by atomic mass is 35.5. The average molecular weight is 486 g/mol. The normalized spacial score (nSPS) is 19.8. The summed E-state index contributed by atoms with van der Waals surface area (Å²) in [7, 11) is 0. The van der Waals surface area contributed by atoms with E-state index in [4.69, 9.17) is 27.9 Å². The summed E-state index contributed by atoms with van der Waals surface area (Å²) >= 11 is 12.1. The van der Waals surface area contributed by atoms with Crippen LogP contribution in [0.4, 0.5) is 4.79 Å². The molecule has 5 rings (SSSR count). The van der Waals surface area contributed by atoms with Gasteiger partial charge in [0, 0.05) is 28.6 Å². The maximum Gasteiger partial charge on any atom is 0.318 e. The first-order valence-electron chi connectivity index (χ1n) is 11.1. The van der Waals surface area contributed by atoms with Crippen molar-refractivity contribution < 1.29 is 9.53 Å². The number of fused-ring (bicyclic) bond motifs is 1. The van der Waals surface area contributed by atoms with Crippen molar-refractivity contribution in [1.82, 2.24) is 25.0 Å². The molecule has 0 saturated carbocycles. The van der Waals surface area contributed by atoms with Gasteiger partial charge in [0.2, 0.25) is 0 Å². The molecular formula is C24H25Cl2N5O2. The first-order valence-corrected chi connectivity index (χ1v) is 11.9. The van der Waals surface area contributed by atoms with Crippen molar-refractivity contribution in [3.05, 3.63) is 75.3 Å². The minimum Gasteiger partial charge on any atom is -0.493 e. The molecule has 0 radical (unpaired) electrons. The molecule has 7 nitrogen and oxygen atoms in total. The van der Waals surface area contributed by atoms with E-state index < -0.39 is 0 Å². The Labute approximate surface area is 202 Å². The van der Waals surface area contributed by atoms with Gasteiger partial charge >= 0.3 is 6.03 Å². The van der Waals surface area contributed by atoms with E-state index in [1.54, 1.807) is 6.07 Å². The first-order chi connectivity index (χ1) is 16.0. The topological polar surface area (TPSA) is 72.3 Å². The fourth-order valence-corrected chi connectivity index (χ4v) is 4.92. The number of nitrogens with zero attached hydrogens (tertiary/aromatic N) is 4. The zero-order chi connectivity index (χ0) is 22.9. The van der Waals surface area contributed by atoms with Crippen LogP contribution in [0.25, 0.3) is 0 Å². The molecule has 1 fully saturated rings. The molecule has 2 amide bonds. The largest absolute Gasteiger partial charge is 0.493 e. The van der Waals surface area contributed by atoms with Crippen LogP contribution in [0.3, 0.4) is 0 Å². The molecule has 0 aliphatic carbocycles. The predicted octanol–water partition coefficient (Wildman–Crippen LogP) is 5.31. The molecule has 1 aromatic heterocycles. The number of likely N-dealkylation sites (tertiary alicyclic amines) is 1. The molecule has 2 aromatic carbocycles. The molecule has 2 aliphatic rings. The highest BCUT2D eigenvalue weighted by Crippen LogP contribution is 2.36. The maximum atomic E-state index is 13.4. The van der Waals surface area contributed by atoms with Crippen LogP contribution in [-0.4, -0.2) is 38.8 Å². The number of aromatic nitrogens is 3. The lowest BCUT2D eigenvalue weighted by Crippen LogP contribution is -2.43. The Kier molecular flexibility index (Phi) is 6.17. The molecule has 2 aliphatic heterocycles. The second-order valence-electron chi connectivity index (χ2n) is 8.49. The lowest BCUT2D eigenvalue weighted by atomic mass is 10.0. The van der Waals surface area contributed by atoms with Gasteiger partial charge < -0.3 is 19.5 Å². The third-order valence-corrected chi connectivity index (χ3v) is 6.83. The molecule has 2 atom stereocenters. The number of aryl methyl sites for hydroxylation is 1. The summed E-state index contributed by atoms with van der Waals surface area (Å²) in [4.78, 5) is 15.2. The van der Waals surface area contributed by atoms with E-state index in [0.717, 1.165) is 41.4 Å². The van der Waals surface area contributed by atoms with Crippen LogP contribution in [0.15, 0.2) is 42.5 Å². The van der Waals surface area contributed by atoms with E-state index in [1.807, 2.05) is 48.2 Å². The molecule has 3 heterocycles. The number of halogens is 2. The first kappa shape index (κ1) is 22.0. The predicted molar refractivity (Wildman–Crippen MR) is 127 cm³/mol. The number of ether oxygens (including phenoxy) is 1. The number of nitrogens with one attached hydrogen (secondary N) is 1. The lowest BCUT2D eigenvalue weighted by Gasteiger charge is -2.31. The van der Waals surface area contributed by atoms with E-state index in [1.165, 1.54) is 0 Å². The quantitative estimate of drug-likeness (QED) is 0.543. The summed E-state index contributed by atoms with van der Waals surface area (Å²) in [6.07, 6.45) is 2.49. The second-order valence-corrected chi connectivity index (χ2v) is 9.36. The number of hydrogen-bond acceptors (Lipinski definition) is 4. The van der Waals surface area contributed by atoms with Gasteiger partial charge in [-0.25, -0.2) is 4.79 Å². The van der Waals surface area contributed by atoms with Crippen molar-refractivity contribution in [2.75, 3.05) is 13.2 Å². The number of amides is 2. The molecule has 0 unspecified atom stereocenters. The number of benzene rings is 2. The van der Waals surface area contributed by atoms with Gasteiger partial charge in [-0.05, 0) is 49.6 Å². The number of urea groups is 1. The zero-order valence-electron chi connectivity index (χ0n) is 18.3. The van der Waals surface area contributed by atoms with Gasteiger partial charge in [-0.3, -0.25) is 0 Å². The summed E-state index contributed by atoms with van der Waals surface area (Å²) in [5.41, 5.74) is 2.06. The highest BCUT2D eigenvalue weighted by molar-refractivity contribution is 6.30. The standard InChI is InChI=1S/C24H25Cl2N5O2/c1-15-28-29-23(31(15)14-16-4-6-17(25)7-5-16)21-3-2-11-30(21)24(32)27-20-10-12-33-22-13-18(26)8-9-19(20)22/h4-9,13,20-21H,2-3,10-12,14H2,1H3,(H,27,32)/t20-,21+/m0/s1. The Hall–Kier alpha value is -2.77. The van der Waals surface area contributed by atoms with E-state index in [-0.39, 0.29) is 18.1 Å². The summed E-state index contributed by atoms with van der Waals surface area (Å²) in [5.74, 6) is 2.37. The fourth-order valence-electron chi connectivity index (χ4n) is 4.64. The minimum atomic E-state index is -0.122. The van der Waals surface area contributed by atoms with Gasteiger partial charge in [0.1, 0.15) is 11.6 Å². The van der Waals surface area contributed by atoms with Crippen molar-refractivity contribution in [2.45, 2.75) is 44.8 Å². The number of hydrogen-bond donors (Lipinski definition) is 1. The van der Waals surface area contributed by atoms with Crippen LogP contribution in [0.5, 0.6) is 5.75 Å². The fraction of sp³-hybridized carbons (Fsp3) is 0.375. The molecule has 3 aromatic rings. The Bertz CT molecular complexity index is 1160. The summed E-state index contributed by atoms with van der Waals surface area (Å²) < 4.78 is 7.82. The van der Waals surface area contributed by atoms with Crippen molar-refractivity contribution in [1.29, 1.82) is 0 Å². The van der Waals surface area contributed by atoms with Crippen molar-refractivity contribution in [3.8, 4) is 5.75 Å². The van der Waals surface area contributed by atoms with Gasteiger partial charge in [-0.15, -0.1) is 10.2 Å². The lowest BCUT2D eigenvalue weighted by molar-refractivity contribution is 0.179. The van der Waals surface area contributed by atoms with Gasteiger partial charge in [-0.1, -0.05) is 41.4 Å². The SMILES string of the molecule is Cc1nnc([C@H]2CCCN2C(=O)N[C@H]2CCOc3cc(Cl)ccc32)n1Cc1ccc(Cl)cc1. The van der Waals surface area contributed by atoms with Gasteiger partial charge in [0.15, 0.2) is 5.82 Å².